The summed E-state index contributed by atoms with van der Waals surface area (Å²) in [5.74, 6) is -4.78. The molecule has 2 aromatic carbocycles. The second-order valence-corrected chi connectivity index (χ2v) is 6.57. The Morgan fingerprint density at radius 1 is 0.970 bits per heavy atom. The van der Waals surface area contributed by atoms with Crippen LogP contribution in [-0.2, 0) is 11.3 Å². The number of ether oxygens (including phenoxy) is 4. The zero-order valence-electron chi connectivity index (χ0n) is 17.5. The third-order valence-corrected chi connectivity index (χ3v) is 4.27. The van der Waals surface area contributed by atoms with Crippen LogP contribution in [0.3, 0.4) is 0 Å². The third-order valence-electron chi connectivity index (χ3n) is 4.27. The Morgan fingerprint density at radius 3 is 2.24 bits per heavy atom. The summed E-state index contributed by atoms with van der Waals surface area (Å²) in [7, 11) is 2.57. The molecule has 2 rings (SSSR count). The van der Waals surface area contributed by atoms with Crippen molar-refractivity contribution < 1.29 is 50.1 Å². The van der Waals surface area contributed by atoms with E-state index in [-0.39, 0.29) is 22.8 Å². The summed E-state index contributed by atoms with van der Waals surface area (Å²) in [5, 5.41) is 0. The predicted molar refractivity (Wildman–Crippen MR) is 107 cm³/mol. The summed E-state index contributed by atoms with van der Waals surface area (Å²) in [6, 6.07) is 8.23. The Kier molecular flexibility index (Phi) is 9.15. The van der Waals surface area contributed by atoms with Gasteiger partial charge in [-0.25, -0.2) is 8.78 Å². The molecule has 180 valence electrons. The molecule has 0 radical (unpaired) electrons. The number of carbonyl (C=O) groups excluding carboxylic acids is 1. The molecule has 0 aliphatic carbocycles. The Hall–Kier alpha value is -3.21. The van der Waals surface area contributed by atoms with Crippen LogP contribution in [-0.4, -0.2) is 45.6 Å². The molecule has 0 aromatic heterocycles. The summed E-state index contributed by atoms with van der Waals surface area (Å²) in [6.07, 6.45) is -1.25. The highest BCUT2D eigenvalue weighted by molar-refractivity contribution is 6.07. The molecule has 0 heterocycles. The lowest BCUT2D eigenvalue weighted by Crippen LogP contribution is -2.32. The monoisotopic (exact) mass is 478 g/mol. The van der Waals surface area contributed by atoms with Crippen LogP contribution in [0.15, 0.2) is 42.5 Å². The Morgan fingerprint density at radius 2 is 1.64 bits per heavy atom. The van der Waals surface area contributed by atoms with E-state index in [4.69, 9.17) is 14.2 Å². The molecular weight excluding hydrogens is 458 g/mol. The van der Waals surface area contributed by atoms with Gasteiger partial charge in [0.15, 0.2) is 17.3 Å². The van der Waals surface area contributed by atoms with Crippen LogP contribution in [0.4, 0.5) is 26.3 Å². The zero-order chi connectivity index (χ0) is 24.6. The minimum Gasteiger partial charge on any atom is -0.496 e. The van der Waals surface area contributed by atoms with Crippen molar-refractivity contribution in [1.82, 2.24) is 0 Å². The van der Waals surface area contributed by atoms with Crippen LogP contribution >= 0.6 is 0 Å². The van der Waals surface area contributed by atoms with Crippen molar-refractivity contribution in [2.24, 2.45) is 0 Å². The molecular formula is C22H20F6O5. The molecule has 2 aromatic rings. The number of methoxy groups -OCH3 is 2. The van der Waals surface area contributed by atoms with Crippen molar-refractivity contribution in [2.45, 2.75) is 25.6 Å². The van der Waals surface area contributed by atoms with Gasteiger partial charge in [0.25, 0.3) is 0 Å². The zero-order valence-corrected chi connectivity index (χ0v) is 17.5. The molecule has 0 fully saturated rings. The maximum Gasteiger partial charge on any atom is 0.387 e. The van der Waals surface area contributed by atoms with Crippen LogP contribution in [0.25, 0.3) is 6.08 Å². The van der Waals surface area contributed by atoms with E-state index in [9.17, 15) is 31.1 Å². The Bertz CT molecular complexity index is 978. The van der Waals surface area contributed by atoms with Crippen molar-refractivity contribution in [3.05, 3.63) is 59.2 Å². The summed E-state index contributed by atoms with van der Waals surface area (Å²) < 4.78 is 94.4. The van der Waals surface area contributed by atoms with Crippen molar-refractivity contribution >= 4 is 11.9 Å². The molecule has 0 atom stereocenters. The normalized spacial score (nSPS) is 11.9. The molecule has 0 saturated carbocycles. The first-order valence-corrected chi connectivity index (χ1v) is 9.33. The van der Waals surface area contributed by atoms with E-state index in [1.165, 1.54) is 56.7 Å². The predicted octanol–water partition coefficient (Wildman–Crippen LogP) is 5.62. The molecule has 0 spiro atoms. The van der Waals surface area contributed by atoms with Gasteiger partial charge in [-0.2, -0.15) is 17.6 Å². The van der Waals surface area contributed by atoms with Crippen molar-refractivity contribution in [2.75, 3.05) is 20.8 Å². The van der Waals surface area contributed by atoms with Crippen LogP contribution in [0.1, 0.15) is 21.5 Å². The smallest absolute Gasteiger partial charge is 0.387 e. The third kappa shape index (κ3) is 7.41. The Balaban J connectivity index is 2.14. The SMILES string of the molecule is COc1ccc(/C=C/C(=O)c2ccc(OC(F)F)c(OC)c2)cc1COCC(F)(F)C(F)F. The first kappa shape index (κ1) is 26.0. The number of allylic oxidation sites excluding steroid dienone is 1. The molecule has 0 unspecified atom stereocenters. The van der Waals surface area contributed by atoms with Crippen molar-refractivity contribution in [3.63, 3.8) is 0 Å². The summed E-state index contributed by atoms with van der Waals surface area (Å²) >= 11 is 0. The summed E-state index contributed by atoms with van der Waals surface area (Å²) in [5.41, 5.74) is 0.899. The number of alkyl halides is 6. The first-order valence-electron chi connectivity index (χ1n) is 9.33. The fourth-order valence-corrected chi connectivity index (χ4v) is 2.66. The number of benzene rings is 2. The van der Waals surface area contributed by atoms with E-state index in [2.05, 4.69) is 4.74 Å². The number of halogens is 6. The molecule has 33 heavy (non-hydrogen) atoms. The standard InChI is InChI=1S/C22H20F6O5/c1-30-17-7-4-13(9-15(17)11-32-12-22(27,28)20(23)24)3-6-16(29)14-5-8-18(33-21(25)26)19(10-14)31-2/h3-10,20-21H,11-12H2,1-2H3/b6-3+. The largest absolute Gasteiger partial charge is 0.496 e. The van der Waals surface area contributed by atoms with Crippen LogP contribution in [0.2, 0.25) is 0 Å². The van der Waals surface area contributed by atoms with Gasteiger partial charge in [-0.05, 0) is 42.0 Å². The van der Waals surface area contributed by atoms with E-state index in [0.29, 0.717) is 11.1 Å². The average Bonchev–Trinajstić information content (AvgIpc) is 2.77. The van der Waals surface area contributed by atoms with E-state index in [1.54, 1.807) is 6.07 Å². The number of carbonyl (C=O) groups is 1. The van der Waals surface area contributed by atoms with Crippen molar-refractivity contribution in [3.8, 4) is 17.2 Å². The lowest BCUT2D eigenvalue weighted by atomic mass is 10.1. The maximum atomic E-state index is 13.0. The van der Waals surface area contributed by atoms with Gasteiger partial charge in [0.05, 0.1) is 20.8 Å². The first-order chi connectivity index (χ1) is 15.6. The summed E-state index contributed by atoms with van der Waals surface area (Å²) in [4.78, 5) is 12.4. The van der Waals surface area contributed by atoms with Gasteiger partial charge in [-0.3, -0.25) is 4.79 Å². The van der Waals surface area contributed by atoms with Gasteiger partial charge in [-0.1, -0.05) is 12.1 Å². The van der Waals surface area contributed by atoms with Gasteiger partial charge >= 0.3 is 19.0 Å². The quantitative estimate of drug-likeness (QED) is 0.225. The highest BCUT2D eigenvalue weighted by Crippen LogP contribution is 2.30. The van der Waals surface area contributed by atoms with Gasteiger partial charge < -0.3 is 18.9 Å². The highest BCUT2D eigenvalue weighted by atomic mass is 19.3. The number of hydrogen-bond acceptors (Lipinski definition) is 5. The molecule has 0 aliphatic rings. The van der Waals surface area contributed by atoms with Gasteiger partial charge in [-0.15, -0.1) is 0 Å². The van der Waals surface area contributed by atoms with Crippen LogP contribution in [0.5, 0.6) is 17.2 Å². The lowest BCUT2D eigenvalue weighted by Gasteiger charge is -2.16. The number of hydrogen-bond donors (Lipinski definition) is 0. The fraction of sp³-hybridized carbons (Fsp3) is 0.318. The maximum absolute atomic E-state index is 13.0. The molecule has 0 bridgehead atoms. The lowest BCUT2D eigenvalue weighted by molar-refractivity contribution is -0.168. The van der Waals surface area contributed by atoms with E-state index in [0.717, 1.165) is 0 Å². The second-order valence-electron chi connectivity index (χ2n) is 6.57. The highest BCUT2D eigenvalue weighted by Gasteiger charge is 2.41. The molecule has 0 aliphatic heterocycles. The van der Waals surface area contributed by atoms with Gasteiger partial charge in [0.2, 0.25) is 0 Å². The van der Waals surface area contributed by atoms with E-state index < -0.39 is 38.0 Å². The average molecular weight is 478 g/mol. The van der Waals surface area contributed by atoms with Crippen LogP contribution in [0, 0.1) is 0 Å². The second kappa shape index (κ2) is 11.6. The van der Waals surface area contributed by atoms with Crippen LogP contribution < -0.4 is 14.2 Å². The van der Waals surface area contributed by atoms with Crippen molar-refractivity contribution in [1.29, 1.82) is 0 Å². The molecule has 0 saturated heterocycles. The van der Waals surface area contributed by atoms with E-state index in [1.807, 2.05) is 0 Å². The molecule has 5 nitrogen and oxygen atoms in total. The fourth-order valence-electron chi connectivity index (χ4n) is 2.66. The topological polar surface area (TPSA) is 54.0 Å². The Labute approximate surface area is 185 Å². The molecule has 0 N–H and O–H groups in total. The minimum absolute atomic E-state index is 0.0565. The van der Waals surface area contributed by atoms with Gasteiger partial charge in [0.1, 0.15) is 12.4 Å². The minimum atomic E-state index is -4.28. The summed E-state index contributed by atoms with van der Waals surface area (Å²) in [6.45, 7) is -4.96. The number of rotatable bonds is 12. The molecule has 0 amide bonds. The van der Waals surface area contributed by atoms with Gasteiger partial charge in [0, 0.05) is 11.1 Å². The number of ketones is 1. The van der Waals surface area contributed by atoms with E-state index >= 15 is 0 Å². The molecule has 11 heteroatoms.